The minimum Gasteiger partial charge on any atom is -0.480 e. The van der Waals surface area contributed by atoms with E-state index in [1.54, 1.807) is 0 Å². The number of carboxylic acid groups (broad SMARTS) is 1. The average Bonchev–Trinajstić information content (AvgIpc) is 2.27. The number of ether oxygens (including phenoxy) is 1. The van der Waals surface area contributed by atoms with Crippen molar-refractivity contribution in [1.82, 2.24) is 4.31 Å². The summed E-state index contributed by atoms with van der Waals surface area (Å²) >= 11 is 0. The number of carbonyl (C=O) groups is 1. The molecule has 0 aromatic carbocycles. The summed E-state index contributed by atoms with van der Waals surface area (Å²) in [6, 6.07) is -0.694. The molecular weight excluding hydrogens is 238 g/mol. The van der Waals surface area contributed by atoms with E-state index in [4.69, 9.17) is 14.9 Å². The molecule has 16 heavy (non-hydrogen) atoms. The molecule has 0 aromatic heterocycles. The van der Waals surface area contributed by atoms with Crippen LogP contribution in [0.2, 0.25) is 0 Å². The fourth-order valence-electron chi connectivity index (χ4n) is 1.45. The molecule has 1 aliphatic heterocycles. The monoisotopic (exact) mass is 253 g/mol. The normalized spacial score (nSPS) is 25.2. The molecule has 2 N–H and O–H groups in total. The molecule has 0 radical (unpaired) electrons. The second-order valence-corrected chi connectivity index (χ2v) is 5.75. The maximum atomic E-state index is 11.9. The zero-order valence-corrected chi connectivity index (χ0v) is 9.68. The van der Waals surface area contributed by atoms with Crippen LogP contribution in [0.15, 0.2) is 0 Å². The van der Waals surface area contributed by atoms with E-state index >= 15 is 0 Å². The summed E-state index contributed by atoms with van der Waals surface area (Å²) in [5.41, 5.74) is 0. The van der Waals surface area contributed by atoms with Gasteiger partial charge in [-0.2, -0.15) is 4.31 Å². The van der Waals surface area contributed by atoms with Gasteiger partial charge in [0, 0.05) is 6.54 Å². The number of aliphatic hydroxyl groups excluding tert-OH is 1. The third kappa shape index (κ3) is 2.51. The van der Waals surface area contributed by atoms with Crippen molar-refractivity contribution in [3.8, 4) is 0 Å². The summed E-state index contributed by atoms with van der Waals surface area (Å²) < 4.78 is 29.8. The average molecular weight is 253 g/mol. The zero-order chi connectivity index (χ0) is 12.3. The molecule has 1 fully saturated rings. The van der Waals surface area contributed by atoms with Gasteiger partial charge in [0.2, 0.25) is 10.0 Å². The van der Waals surface area contributed by atoms with Gasteiger partial charge in [0.25, 0.3) is 0 Å². The summed E-state index contributed by atoms with van der Waals surface area (Å²) in [5, 5.41) is 16.2. The van der Waals surface area contributed by atoms with Crippen LogP contribution < -0.4 is 0 Å². The number of aliphatic hydroxyl groups is 1. The van der Waals surface area contributed by atoms with Gasteiger partial charge in [0.1, 0.15) is 0 Å². The lowest BCUT2D eigenvalue weighted by Gasteiger charge is -2.34. The first-order chi connectivity index (χ1) is 7.41. The molecule has 0 aromatic rings. The Balaban J connectivity index is 2.92. The number of nitrogens with zero attached hydrogens (tertiary/aromatic N) is 1. The molecule has 0 bridgehead atoms. The van der Waals surface area contributed by atoms with Gasteiger partial charge in [0.05, 0.1) is 25.9 Å². The van der Waals surface area contributed by atoms with E-state index in [0.717, 1.165) is 11.2 Å². The Morgan fingerprint density at radius 3 is 2.75 bits per heavy atom. The topological polar surface area (TPSA) is 104 Å². The number of rotatable bonds is 4. The van der Waals surface area contributed by atoms with Crippen molar-refractivity contribution in [1.29, 1.82) is 0 Å². The quantitative estimate of drug-likeness (QED) is 0.630. The first-order valence-electron chi connectivity index (χ1n) is 4.83. The Morgan fingerprint density at radius 1 is 1.62 bits per heavy atom. The highest BCUT2D eigenvalue weighted by molar-refractivity contribution is 7.90. The second-order valence-electron chi connectivity index (χ2n) is 3.55. The van der Waals surface area contributed by atoms with Crippen molar-refractivity contribution in [2.24, 2.45) is 0 Å². The molecule has 7 nitrogen and oxygen atoms in total. The fraction of sp³-hybridized carbons (Fsp3) is 0.875. The molecule has 0 spiro atoms. The molecule has 1 rings (SSSR count). The van der Waals surface area contributed by atoms with Crippen molar-refractivity contribution in [3.63, 3.8) is 0 Å². The minimum absolute atomic E-state index is 0.0746. The van der Waals surface area contributed by atoms with Gasteiger partial charge in [-0.1, -0.05) is 0 Å². The second kappa shape index (κ2) is 5.09. The summed E-state index contributed by atoms with van der Waals surface area (Å²) in [5.74, 6) is -1.40. The Bertz CT molecular complexity index is 354. The fourth-order valence-corrected chi connectivity index (χ4v) is 2.98. The Morgan fingerprint density at radius 2 is 2.25 bits per heavy atom. The summed E-state index contributed by atoms with van der Waals surface area (Å²) in [7, 11) is -3.93. The van der Waals surface area contributed by atoms with Gasteiger partial charge < -0.3 is 14.9 Å². The van der Waals surface area contributed by atoms with Gasteiger partial charge in [-0.05, 0) is 6.92 Å². The van der Waals surface area contributed by atoms with Crippen molar-refractivity contribution >= 4 is 16.0 Å². The van der Waals surface area contributed by atoms with E-state index in [1.165, 1.54) is 0 Å². The SMILES string of the molecule is CC(C(=O)O)S(=O)(=O)N1CCOCC1CO. The summed E-state index contributed by atoms with van der Waals surface area (Å²) in [4.78, 5) is 10.7. The number of hydrogen-bond donors (Lipinski definition) is 2. The van der Waals surface area contributed by atoms with Crippen LogP contribution in [0, 0.1) is 0 Å². The molecule has 0 aliphatic carbocycles. The Labute approximate surface area is 93.7 Å². The molecule has 0 amide bonds. The van der Waals surface area contributed by atoms with Gasteiger partial charge in [-0.3, -0.25) is 4.79 Å². The molecule has 94 valence electrons. The number of carboxylic acids is 1. The number of morpholine rings is 1. The van der Waals surface area contributed by atoms with Crippen LogP contribution in [0.1, 0.15) is 6.92 Å². The van der Waals surface area contributed by atoms with Crippen LogP contribution in [0.3, 0.4) is 0 Å². The van der Waals surface area contributed by atoms with Gasteiger partial charge >= 0.3 is 5.97 Å². The van der Waals surface area contributed by atoms with Crippen molar-refractivity contribution in [2.75, 3.05) is 26.4 Å². The smallest absolute Gasteiger partial charge is 0.323 e. The lowest BCUT2D eigenvalue weighted by molar-refractivity contribution is -0.136. The number of hydrogen-bond acceptors (Lipinski definition) is 5. The molecule has 2 unspecified atom stereocenters. The number of sulfonamides is 1. The standard InChI is InChI=1S/C8H15NO6S/c1-6(8(11)12)16(13,14)9-2-3-15-5-7(9)4-10/h6-7,10H,2-5H2,1H3,(H,11,12). The van der Waals surface area contributed by atoms with E-state index in [1.807, 2.05) is 0 Å². The highest BCUT2D eigenvalue weighted by atomic mass is 32.2. The van der Waals surface area contributed by atoms with E-state index in [9.17, 15) is 13.2 Å². The molecule has 8 heteroatoms. The van der Waals surface area contributed by atoms with E-state index < -0.39 is 27.3 Å². The van der Waals surface area contributed by atoms with Gasteiger partial charge in [-0.25, -0.2) is 8.42 Å². The van der Waals surface area contributed by atoms with E-state index in [0.29, 0.717) is 0 Å². The van der Waals surface area contributed by atoms with Crippen LogP contribution in [0.25, 0.3) is 0 Å². The van der Waals surface area contributed by atoms with Crippen molar-refractivity contribution < 1.29 is 28.2 Å². The van der Waals surface area contributed by atoms with Crippen molar-refractivity contribution in [3.05, 3.63) is 0 Å². The first-order valence-corrected chi connectivity index (χ1v) is 6.33. The molecule has 1 saturated heterocycles. The maximum absolute atomic E-state index is 11.9. The van der Waals surface area contributed by atoms with Crippen LogP contribution in [-0.4, -0.2) is 66.6 Å². The highest BCUT2D eigenvalue weighted by Crippen LogP contribution is 2.16. The molecule has 0 saturated carbocycles. The third-order valence-corrected chi connectivity index (χ3v) is 4.74. The van der Waals surface area contributed by atoms with Crippen LogP contribution in [0.5, 0.6) is 0 Å². The Kier molecular flexibility index (Phi) is 4.25. The first kappa shape index (κ1) is 13.4. The van der Waals surface area contributed by atoms with E-state index in [-0.39, 0.29) is 26.4 Å². The zero-order valence-electron chi connectivity index (χ0n) is 8.87. The van der Waals surface area contributed by atoms with Gasteiger partial charge in [0.15, 0.2) is 5.25 Å². The molecule has 1 heterocycles. The molecule has 2 atom stereocenters. The summed E-state index contributed by atoms with van der Waals surface area (Å²) in [6.07, 6.45) is 0. The van der Waals surface area contributed by atoms with Crippen molar-refractivity contribution in [2.45, 2.75) is 18.2 Å². The van der Waals surface area contributed by atoms with Crippen LogP contribution in [0.4, 0.5) is 0 Å². The highest BCUT2D eigenvalue weighted by Gasteiger charge is 2.39. The minimum atomic E-state index is -3.93. The van der Waals surface area contributed by atoms with Gasteiger partial charge in [-0.15, -0.1) is 0 Å². The predicted octanol–water partition coefficient (Wildman–Crippen LogP) is -1.52. The predicted molar refractivity (Wildman–Crippen MR) is 54.4 cm³/mol. The number of aliphatic carboxylic acids is 1. The Hall–Kier alpha value is -0.700. The largest absolute Gasteiger partial charge is 0.480 e. The molecular formula is C8H15NO6S. The van der Waals surface area contributed by atoms with E-state index in [2.05, 4.69) is 0 Å². The van der Waals surface area contributed by atoms with Crippen LogP contribution in [-0.2, 0) is 19.6 Å². The third-order valence-electron chi connectivity index (χ3n) is 2.51. The lowest BCUT2D eigenvalue weighted by atomic mass is 10.3. The van der Waals surface area contributed by atoms with Crippen LogP contribution >= 0.6 is 0 Å². The summed E-state index contributed by atoms with van der Waals surface area (Å²) in [6.45, 7) is 1.10. The lowest BCUT2D eigenvalue weighted by Crippen LogP contribution is -2.53. The molecule has 1 aliphatic rings. The maximum Gasteiger partial charge on any atom is 0.323 e.